The number of nitrogens with two attached hydrogens (primary N) is 2. The van der Waals surface area contributed by atoms with E-state index >= 15 is 0 Å². The third-order valence-corrected chi connectivity index (χ3v) is 3.35. The Hall–Kier alpha value is -1.61. The Kier molecular flexibility index (Phi) is 7.17. The number of allylic oxidation sites excluding steroid dienone is 2. The Bertz CT molecular complexity index is 488. The summed E-state index contributed by atoms with van der Waals surface area (Å²) in [7, 11) is 0. The van der Waals surface area contributed by atoms with E-state index in [4.69, 9.17) is 28.8 Å². The van der Waals surface area contributed by atoms with Crippen molar-refractivity contribution >= 4 is 29.0 Å². The van der Waals surface area contributed by atoms with E-state index in [2.05, 4.69) is 10.6 Å². The molecule has 7 N–H and O–H groups in total. The molecular formula is C13H20N4O3S. The lowest BCUT2D eigenvalue weighted by Crippen LogP contribution is -2.49. The number of carbonyl (C=O) groups is 2. The molecule has 0 aromatic rings. The average molecular weight is 312 g/mol. The molecule has 116 valence electrons. The van der Waals surface area contributed by atoms with Crippen LogP contribution in [0.2, 0.25) is 0 Å². The van der Waals surface area contributed by atoms with E-state index in [1.54, 1.807) is 6.08 Å². The molecule has 0 spiro atoms. The second-order valence-corrected chi connectivity index (χ2v) is 5.06. The van der Waals surface area contributed by atoms with E-state index in [9.17, 15) is 9.59 Å². The van der Waals surface area contributed by atoms with Gasteiger partial charge in [0.05, 0.1) is 6.61 Å². The Morgan fingerprint density at radius 3 is 2.62 bits per heavy atom. The molecule has 0 radical (unpaired) electrons. The van der Waals surface area contributed by atoms with Gasteiger partial charge in [-0.25, -0.2) is 0 Å². The molecule has 1 aliphatic carbocycles. The van der Waals surface area contributed by atoms with Gasteiger partial charge in [0.1, 0.15) is 11.0 Å². The van der Waals surface area contributed by atoms with Crippen LogP contribution in [0.15, 0.2) is 23.3 Å². The molecule has 7 nitrogen and oxygen atoms in total. The minimum absolute atomic E-state index is 0.0761. The van der Waals surface area contributed by atoms with Crippen LogP contribution in [0.3, 0.4) is 0 Å². The summed E-state index contributed by atoms with van der Waals surface area (Å²) >= 11 is 4.86. The van der Waals surface area contributed by atoms with Crippen molar-refractivity contribution in [3.05, 3.63) is 23.3 Å². The number of rotatable bonds is 7. The molecule has 1 unspecified atom stereocenters. The third kappa shape index (κ3) is 5.72. The zero-order valence-electron chi connectivity index (χ0n) is 11.6. The summed E-state index contributed by atoms with van der Waals surface area (Å²) in [6, 6.07) is -1.16. The zero-order chi connectivity index (χ0) is 15.8. The number of hydrogen-bond acceptors (Lipinski definition) is 6. The van der Waals surface area contributed by atoms with Gasteiger partial charge in [-0.1, -0.05) is 29.9 Å². The number of primary amides is 1. The molecule has 0 fully saturated rings. The second-order valence-electron chi connectivity index (χ2n) is 4.62. The van der Waals surface area contributed by atoms with Crippen LogP contribution in [-0.4, -0.2) is 47.6 Å². The molecule has 0 aliphatic heterocycles. The number of carbonyl (C=O) groups excluding carboxylic acids is 2. The fourth-order valence-electron chi connectivity index (χ4n) is 1.74. The normalized spacial score (nSPS) is 15.7. The lowest BCUT2D eigenvalue weighted by Gasteiger charge is -2.16. The number of aliphatic hydroxyl groups excluding tert-OH is 1. The molecule has 2 amide bonds. The highest BCUT2D eigenvalue weighted by molar-refractivity contribution is 7.80. The third-order valence-electron chi connectivity index (χ3n) is 2.99. The smallest absolute Gasteiger partial charge is 0.252 e. The maximum atomic E-state index is 12.0. The molecule has 8 heteroatoms. The SMILES string of the molecule is NC(=O)C(N)C(=S)NC(=O)C1=CC=C(CNCCO)CC1. The molecule has 1 aliphatic rings. The lowest BCUT2D eigenvalue weighted by molar-refractivity contribution is -0.117. The molecule has 0 aromatic carbocycles. The number of amides is 2. The van der Waals surface area contributed by atoms with Crippen LogP contribution in [0.5, 0.6) is 0 Å². The van der Waals surface area contributed by atoms with Crippen LogP contribution >= 0.6 is 12.2 Å². The number of thiocarbonyl (C=S) groups is 1. The Labute approximate surface area is 128 Å². The van der Waals surface area contributed by atoms with E-state index in [-0.39, 0.29) is 17.5 Å². The molecule has 0 heterocycles. The van der Waals surface area contributed by atoms with Gasteiger partial charge in [-0.2, -0.15) is 0 Å². The predicted octanol–water partition coefficient (Wildman–Crippen LogP) is -1.53. The van der Waals surface area contributed by atoms with Gasteiger partial charge >= 0.3 is 0 Å². The minimum Gasteiger partial charge on any atom is -0.395 e. The maximum absolute atomic E-state index is 12.0. The van der Waals surface area contributed by atoms with Crippen LogP contribution in [0.25, 0.3) is 0 Å². The maximum Gasteiger partial charge on any atom is 0.252 e. The average Bonchev–Trinajstić information content (AvgIpc) is 2.47. The van der Waals surface area contributed by atoms with Crippen molar-refractivity contribution in [1.82, 2.24) is 10.6 Å². The standard InChI is InChI=1S/C13H20N4O3S/c14-10(11(15)19)13(21)17-12(20)9-3-1-8(2-4-9)7-16-5-6-18/h1,3,10,16,18H,2,4-7,14H2,(H2,15,19)(H,17,20,21). The predicted molar refractivity (Wildman–Crippen MR) is 83.3 cm³/mol. The topological polar surface area (TPSA) is 130 Å². The van der Waals surface area contributed by atoms with Crippen LogP contribution in [-0.2, 0) is 9.59 Å². The number of hydrogen-bond donors (Lipinski definition) is 5. The van der Waals surface area contributed by atoms with E-state index in [1.165, 1.54) is 0 Å². The first-order valence-electron chi connectivity index (χ1n) is 6.56. The molecule has 0 bridgehead atoms. The van der Waals surface area contributed by atoms with Gasteiger partial charge in [0.15, 0.2) is 0 Å². The van der Waals surface area contributed by atoms with Crippen molar-refractivity contribution in [2.45, 2.75) is 18.9 Å². The van der Waals surface area contributed by atoms with Gasteiger partial charge in [0.2, 0.25) is 5.91 Å². The monoisotopic (exact) mass is 312 g/mol. The van der Waals surface area contributed by atoms with Gasteiger partial charge in [-0.05, 0) is 12.8 Å². The number of aliphatic hydroxyl groups is 1. The van der Waals surface area contributed by atoms with Crippen molar-refractivity contribution in [1.29, 1.82) is 0 Å². The molecular weight excluding hydrogens is 292 g/mol. The summed E-state index contributed by atoms with van der Waals surface area (Å²) in [4.78, 5) is 22.8. The lowest BCUT2D eigenvalue weighted by atomic mass is 9.97. The summed E-state index contributed by atoms with van der Waals surface area (Å²) in [5.74, 6) is -1.15. The van der Waals surface area contributed by atoms with Crippen LogP contribution in [0.1, 0.15) is 12.8 Å². The summed E-state index contributed by atoms with van der Waals surface area (Å²) in [5, 5.41) is 14.2. The van der Waals surface area contributed by atoms with Crippen molar-refractivity contribution in [3.8, 4) is 0 Å². The van der Waals surface area contributed by atoms with Gasteiger partial charge in [0.25, 0.3) is 5.91 Å². The molecule has 0 saturated heterocycles. The molecule has 1 atom stereocenters. The molecule has 1 rings (SSSR count). The fraction of sp³-hybridized carbons (Fsp3) is 0.462. The first-order valence-corrected chi connectivity index (χ1v) is 6.96. The summed E-state index contributed by atoms with van der Waals surface area (Å²) in [5.41, 5.74) is 12.2. The molecule has 0 aromatic heterocycles. The first-order chi connectivity index (χ1) is 9.95. The van der Waals surface area contributed by atoms with E-state index in [0.717, 1.165) is 12.0 Å². The summed E-state index contributed by atoms with van der Waals surface area (Å²) in [6.45, 7) is 1.30. The Balaban J connectivity index is 2.53. The number of nitrogens with one attached hydrogen (secondary N) is 2. The van der Waals surface area contributed by atoms with Crippen LogP contribution < -0.4 is 22.1 Å². The quantitative estimate of drug-likeness (QED) is 0.286. The Morgan fingerprint density at radius 1 is 1.38 bits per heavy atom. The highest BCUT2D eigenvalue weighted by atomic mass is 32.1. The summed E-state index contributed by atoms with van der Waals surface area (Å²) in [6.07, 6.45) is 4.90. The molecule has 21 heavy (non-hydrogen) atoms. The fourth-order valence-corrected chi connectivity index (χ4v) is 1.95. The highest BCUT2D eigenvalue weighted by Gasteiger charge is 2.20. The van der Waals surface area contributed by atoms with Crippen LogP contribution in [0.4, 0.5) is 0 Å². The van der Waals surface area contributed by atoms with E-state index in [1.807, 2.05) is 6.08 Å². The van der Waals surface area contributed by atoms with Crippen LogP contribution in [0, 0.1) is 0 Å². The first kappa shape index (κ1) is 17.4. The van der Waals surface area contributed by atoms with Gasteiger partial charge < -0.3 is 27.2 Å². The zero-order valence-corrected chi connectivity index (χ0v) is 12.4. The van der Waals surface area contributed by atoms with Gasteiger partial charge in [-0.15, -0.1) is 0 Å². The van der Waals surface area contributed by atoms with Crippen molar-refractivity contribution in [3.63, 3.8) is 0 Å². The minimum atomic E-state index is -1.16. The second kappa shape index (κ2) is 8.63. The van der Waals surface area contributed by atoms with E-state index in [0.29, 0.717) is 25.1 Å². The molecule has 0 saturated carbocycles. The Morgan fingerprint density at radius 2 is 2.10 bits per heavy atom. The van der Waals surface area contributed by atoms with Gasteiger partial charge in [0, 0.05) is 18.7 Å². The van der Waals surface area contributed by atoms with Gasteiger partial charge in [-0.3, -0.25) is 9.59 Å². The van der Waals surface area contributed by atoms with E-state index < -0.39 is 11.9 Å². The largest absolute Gasteiger partial charge is 0.395 e. The van der Waals surface area contributed by atoms with Crippen molar-refractivity contribution < 1.29 is 14.7 Å². The van der Waals surface area contributed by atoms with Crippen molar-refractivity contribution in [2.24, 2.45) is 11.5 Å². The van der Waals surface area contributed by atoms with Crippen molar-refractivity contribution in [2.75, 3.05) is 19.7 Å². The highest BCUT2D eigenvalue weighted by Crippen LogP contribution is 2.17. The summed E-state index contributed by atoms with van der Waals surface area (Å²) < 4.78 is 0.